The number of halogens is 1. The van der Waals surface area contributed by atoms with E-state index in [1.54, 1.807) is 11.0 Å². The Balaban J connectivity index is 0.000000293. The minimum atomic E-state index is -2.08. The summed E-state index contributed by atoms with van der Waals surface area (Å²) in [6, 6.07) is 13.5. The van der Waals surface area contributed by atoms with E-state index in [9.17, 15) is 9.59 Å². The molecule has 2 heterocycles. The highest BCUT2D eigenvalue weighted by atomic mass is 35.5. The van der Waals surface area contributed by atoms with Crippen LogP contribution < -0.4 is 4.74 Å². The van der Waals surface area contributed by atoms with E-state index >= 15 is 0 Å². The number of likely N-dealkylation sites (N-methyl/N-ethyl adjacent to an activating group) is 1. The zero-order valence-electron chi connectivity index (χ0n) is 17.7. The van der Waals surface area contributed by atoms with Gasteiger partial charge in [-0.25, -0.2) is 9.59 Å². The first kappa shape index (κ1) is 16.2. The third kappa shape index (κ3) is 4.52. The van der Waals surface area contributed by atoms with Crippen LogP contribution in [0, 0.1) is 0 Å². The number of hydrogen-bond acceptors (Lipinski definition) is 4. The number of nitrogens with zero attached hydrogens (tertiary/aromatic N) is 1. The number of benzene rings is 2. The molecule has 0 bridgehead atoms. The summed E-state index contributed by atoms with van der Waals surface area (Å²) in [7, 11) is 0. The molecule has 6 nitrogen and oxygen atoms in total. The van der Waals surface area contributed by atoms with Gasteiger partial charge in [0.05, 0.1) is 0 Å². The summed E-state index contributed by atoms with van der Waals surface area (Å²) in [5, 5.41) is 16.3. The number of hydrogen-bond donors (Lipinski definition) is 2. The van der Waals surface area contributed by atoms with Crippen LogP contribution in [-0.2, 0) is 9.59 Å². The molecule has 2 aliphatic rings. The second kappa shape index (κ2) is 8.46. The Hall–Kier alpha value is -2.83. The van der Waals surface area contributed by atoms with Crippen molar-refractivity contribution in [3.05, 3.63) is 70.8 Å². The third-order valence-electron chi connectivity index (χ3n) is 4.60. The van der Waals surface area contributed by atoms with Crippen LogP contribution in [0.5, 0.6) is 11.5 Å². The normalized spacial score (nSPS) is 22.1. The summed E-state index contributed by atoms with van der Waals surface area (Å²) in [5.41, 5.74) is 2.06. The lowest BCUT2D eigenvalue weighted by atomic mass is 9.84. The maximum Gasteiger partial charge on any atom is 0.328 e. The molecule has 28 heavy (non-hydrogen) atoms. The summed E-state index contributed by atoms with van der Waals surface area (Å²) in [4.78, 5) is 20.7. The van der Waals surface area contributed by atoms with E-state index in [0.717, 1.165) is 22.6 Å². The fourth-order valence-corrected chi connectivity index (χ4v) is 3.66. The van der Waals surface area contributed by atoms with Crippen molar-refractivity contribution in [3.8, 4) is 11.5 Å². The summed E-state index contributed by atoms with van der Waals surface area (Å²) < 4.78 is 29.3. The topological polar surface area (TPSA) is 87.1 Å². The van der Waals surface area contributed by atoms with Gasteiger partial charge in [-0.15, -0.1) is 0 Å². The van der Waals surface area contributed by atoms with Gasteiger partial charge in [0, 0.05) is 51.8 Å². The van der Waals surface area contributed by atoms with E-state index in [1.165, 1.54) is 0 Å². The molecule has 7 heteroatoms. The van der Waals surface area contributed by atoms with E-state index in [-0.39, 0.29) is 11.8 Å². The van der Waals surface area contributed by atoms with Crippen LogP contribution in [0.2, 0.25) is 5.02 Å². The van der Waals surface area contributed by atoms with Crippen molar-refractivity contribution in [1.29, 1.82) is 0 Å². The Morgan fingerprint density at radius 3 is 2.32 bits per heavy atom. The zero-order valence-corrected chi connectivity index (χ0v) is 15.5. The molecular weight excluding hydrogens is 382 g/mol. The Morgan fingerprint density at radius 2 is 1.68 bits per heavy atom. The van der Waals surface area contributed by atoms with Crippen molar-refractivity contribution >= 4 is 23.5 Å². The predicted octanol–water partition coefficient (Wildman–Crippen LogP) is 3.97. The maximum atomic E-state index is 9.55. The predicted molar refractivity (Wildman–Crippen MR) is 105 cm³/mol. The Kier molecular flexibility index (Phi) is 4.88. The zero-order chi connectivity index (χ0) is 22.8. The van der Waals surface area contributed by atoms with Crippen molar-refractivity contribution in [2.75, 3.05) is 20.1 Å². The number of carboxylic acid groups (broad SMARTS) is 2. The number of carbonyl (C=O) groups is 2. The van der Waals surface area contributed by atoms with Gasteiger partial charge in [0.25, 0.3) is 0 Å². The van der Waals surface area contributed by atoms with Gasteiger partial charge in [0.2, 0.25) is 0 Å². The van der Waals surface area contributed by atoms with E-state index < -0.39 is 18.9 Å². The van der Waals surface area contributed by atoms with Crippen LogP contribution >= 0.6 is 11.6 Å². The number of likely N-dealkylation sites (tertiary alicyclic amines) is 1. The Labute approximate surface area is 171 Å². The Bertz CT molecular complexity index is 1010. The standard InChI is InChI=1S/C17H16ClNO.C4H4O4/c1-19-9-14-12-4-2-3-5-16(12)20-17-7-6-11(18)8-13(17)15(14)10-19;5-3(6)1-2-4(7)8/h2-8,14-15H,9-10H2,1H3;1-2H,(H,5,6)(H,7,8)/i1D3;. The van der Waals surface area contributed by atoms with Crippen LogP contribution in [0.15, 0.2) is 54.6 Å². The van der Waals surface area contributed by atoms with Crippen LogP contribution in [0.25, 0.3) is 0 Å². The maximum absolute atomic E-state index is 9.55. The van der Waals surface area contributed by atoms with Crippen LogP contribution in [-0.4, -0.2) is 47.1 Å². The number of aliphatic carboxylic acids is 2. The molecule has 2 N–H and O–H groups in total. The van der Waals surface area contributed by atoms with Crippen molar-refractivity contribution in [2.24, 2.45) is 0 Å². The molecule has 0 radical (unpaired) electrons. The van der Waals surface area contributed by atoms with Crippen molar-refractivity contribution < 1.29 is 28.7 Å². The van der Waals surface area contributed by atoms with Gasteiger partial charge >= 0.3 is 11.9 Å². The number of carboxylic acids is 2. The molecule has 0 aliphatic carbocycles. The average Bonchev–Trinajstić information content (AvgIpc) is 3.09. The quantitative estimate of drug-likeness (QED) is 0.736. The summed E-state index contributed by atoms with van der Waals surface area (Å²) in [6.07, 6.45) is 1.12. The lowest BCUT2D eigenvalue weighted by Gasteiger charge is -2.17. The molecular formula is C21H20ClNO5. The molecule has 2 aromatic carbocycles. The average molecular weight is 405 g/mol. The summed E-state index contributed by atoms with van der Waals surface area (Å²) in [6.45, 7) is -1.11. The second-order valence-electron chi connectivity index (χ2n) is 6.45. The monoisotopic (exact) mass is 404 g/mol. The molecule has 0 aromatic heterocycles. The molecule has 1 saturated heterocycles. The van der Waals surface area contributed by atoms with E-state index in [2.05, 4.69) is 0 Å². The first-order chi connectivity index (χ1) is 14.6. The molecule has 0 saturated carbocycles. The number of rotatable bonds is 2. The fourth-order valence-electron chi connectivity index (χ4n) is 3.48. The molecule has 146 valence electrons. The van der Waals surface area contributed by atoms with Gasteiger partial charge in [-0.3, -0.25) is 0 Å². The van der Waals surface area contributed by atoms with Crippen LogP contribution in [0.4, 0.5) is 0 Å². The number of para-hydroxylation sites is 1. The minimum absolute atomic E-state index is 0.0628. The van der Waals surface area contributed by atoms with Crippen LogP contribution in [0.3, 0.4) is 0 Å². The number of ether oxygens (including phenoxy) is 1. The van der Waals surface area contributed by atoms with Gasteiger partial charge in [0.15, 0.2) is 0 Å². The first-order valence-corrected chi connectivity index (χ1v) is 8.89. The van der Waals surface area contributed by atoms with Crippen molar-refractivity contribution in [3.63, 3.8) is 0 Å². The molecule has 4 rings (SSSR count). The molecule has 2 aliphatic heterocycles. The van der Waals surface area contributed by atoms with Gasteiger partial charge in [-0.2, -0.15) is 0 Å². The largest absolute Gasteiger partial charge is 0.478 e. The second-order valence-corrected chi connectivity index (χ2v) is 6.89. The minimum Gasteiger partial charge on any atom is -0.478 e. The highest BCUT2D eigenvalue weighted by molar-refractivity contribution is 6.30. The number of fused-ring (bicyclic) bond motifs is 5. The van der Waals surface area contributed by atoms with Crippen LogP contribution in [0.1, 0.15) is 27.1 Å². The molecule has 2 aromatic rings. The van der Waals surface area contributed by atoms with Gasteiger partial charge in [-0.1, -0.05) is 29.8 Å². The molecule has 2 atom stereocenters. The van der Waals surface area contributed by atoms with Crippen molar-refractivity contribution in [2.45, 2.75) is 11.8 Å². The highest BCUT2D eigenvalue weighted by Gasteiger charge is 2.38. The molecule has 2 unspecified atom stereocenters. The smallest absolute Gasteiger partial charge is 0.328 e. The van der Waals surface area contributed by atoms with E-state index in [4.69, 9.17) is 30.7 Å². The Morgan fingerprint density at radius 1 is 1.07 bits per heavy atom. The lowest BCUT2D eigenvalue weighted by Crippen LogP contribution is -2.14. The van der Waals surface area contributed by atoms with E-state index in [0.29, 0.717) is 30.3 Å². The van der Waals surface area contributed by atoms with E-state index in [1.807, 2.05) is 36.4 Å². The molecule has 1 fully saturated rings. The fraction of sp³-hybridized carbons (Fsp3) is 0.238. The summed E-state index contributed by atoms with van der Waals surface area (Å²) in [5.74, 6) is -0.795. The first-order valence-electron chi connectivity index (χ1n) is 10.0. The lowest BCUT2D eigenvalue weighted by molar-refractivity contribution is -0.134. The van der Waals surface area contributed by atoms with Gasteiger partial charge in [-0.05, 0) is 36.8 Å². The SMILES string of the molecule is O=C(O)C=CC(=O)O.[2H]C([2H])([2H])N1CC2c3ccccc3Oc3ccc(Cl)cc3C2C1. The molecule has 0 amide bonds. The third-order valence-corrected chi connectivity index (χ3v) is 4.83. The summed E-state index contributed by atoms with van der Waals surface area (Å²) >= 11 is 6.18. The van der Waals surface area contributed by atoms with Gasteiger partial charge in [0.1, 0.15) is 11.5 Å². The highest BCUT2D eigenvalue weighted by Crippen LogP contribution is 2.49. The molecule has 0 spiro atoms. The van der Waals surface area contributed by atoms with Crippen molar-refractivity contribution in [1.82, 2.24) is 4.90 Å². The van der Waals surface area contributed by atoms with Gasteiger partial charge < -0.3 is 19.8 Å².